The Morgan fingerprint density at radius 2 is 2.43 bits per heavy atom. The molecular weight excluding hydrogens is 203 g/mol. The summed E-state index contributed by atoms with van der Waals surface area (Å²) in [6.45, 7) is 4.12. The number of halogens is 1. The van der Waals surface area contributed by atoms with E-state index in [-0.39, 0.29) is 0 Å². The van der Waals surface area contributed by atoms with Crippen LogP contribution in [0.15, 0.2) is 0 Å². The predicted molar refractivity (Wildman–Crippen MR) is 37.9 cm³/mol. The van der Waals surface area contributed by atoms with Crippen LogP contribution in [0.5, 0.6) is 0 Å². The summed E-state index contributed by atoms with van der Waals surface area (Å²) >= 11 is 2.44. The molecule has 0 amide bonds. The zero-order chi connectivity index (χ0) is 5.33. The number of hydrogen-bond donors (Lipinski definition) is 0. The van der Waals surface area contributed by atoms with Crippen LogP contribution >= 0.6 is 22.6 Å². The van der Waals surface area contributed by atoms with E-state index in [9.17, 15) is 0 Å². The van der Waals surface area contributed by atoms with Gasteiger partial charge in [0.2, 0.25) is 0 Å². The van der Waals surface area contributed by atoms with E-state index >= 15 is 0 Å². The van der Waals surface area contributed by atoms with Crippen LogP contribution in [0.25, 0.3) is 0 Å². The molecule has 0 N–H and O–H groups in total. The van der Waals surface area contributed by atoms with Gasteiger partial charge >= 0.3 is 0 Å². The van der Waals surface area contributed by atoms with Crippen molar-refractivity contribution in [1.29, 1.82) is 0 Å². The van der Waals surface area contributed by atoms with Crippen LogP contribution in [0.2, 0.25) is 0 Å². The highest BCUT2D eigenvalue weighted by Crippen LogP contribution is 2.27. The van der Waals surface area contributed by atoms with Gasteiger partial charge in [0.05, 0.1) is 6.61 Å². The summed E-state index contributed by atoms with van der Waals surface area (Å²) in [4.78, 5) is 0. The van der Waals surface area contributed by atoms with E-state index in [4.69, 9.17) is 4.74 Å². The third-order valence-corrected chi connectivity index (χ3v) is 2.02. The van der Waals surface area contributed by atoms with Gasteiger partial charge in [-0.15, -0.1) is 0 Å². The molecule has 1 fully saturated rings. The molecule has 0 radical (unpaired) electrons. The molecule has 1 rings (SSSR count). The summed E-state index contributed by atoms with van der Waals surface area (Å²) in [6, 6.07) is 0. The topological polar surface area (TPSA) is 9.23 Å². The van der Waals surface area contributed by atoms with Gasteiger partial charge in [0.1, 0.15) is 0 Å². The molecule has 1 heterocycles. The lowest BCUT2D eigenvalue weighted by Gasteiger charge is -2.08. The second-order valence-corrected chi connectivity index (χ2v) is 4.82. The van der Waals surface area contributed by atoms with Gasteiger partial charge in [-0.1, -0.05) is 22.6 Å². The minimum atomic E-state index is 0.442. The van der Waals surface area contributed by atoms with Gasteiger partial charge in [-0.25, -0.2) is 0 Å². The van der Waals surface area contributed by atoms with Crippen molar-refractivity contribution in [3.8, 4) is 0 Å². The van der Waals surface area contributed by atoms with Crippen LogP contribution in [-0.2, 0) is 4.74 Å². The first-order valence-electron chi connectivity index (χ1n) is 2.47. The van der Waals surface area contributed by atoms with E-state index in [0.29, 0.717) is 3.42 Å². The lowest BCUT2D eigenvalue weighted by atomic mass is 10.2. The monoisotopic (exact) mass is 212 g/mol. The molecule has 1 saturated heterocycles. The second kappa shape index (κ2) is 1.90. The second-order valence-electron chi connectivity index (χ2n) is 2.22. The molecule has 0 bridgehead atoms. The van der Waals surface area contributed by atoms with Gasteiger partial charge in [0.15, 0.2) is 0 Å². The Balaban J connectivity index is 2.40. The lowest BCUT2D eigenvalue weighted by Crippen LogP contribution is -2.13. The predicted octanol–water partition coefficient (Wildman–Crippen LogP) is 1.60. The molecule has 1 aliphatic rings. The maximum atomic E-state index is 5.15. The molecule has 7 heavy (non-hydrogen) atoms. The van der Waals surface area contributed by atoms with Gasteiger partial charge in [-0.3, -0.25) is 0 Å². The Bertz CT molecular complexity index is 62.5. The highest BCUT2D eigenvalue weighted by atomic mass is 127. The largest absolute Gasteiger partial charge is 0.380 e. The summed E-state index contributed by atoms with van der Waals surface area (Å²) in [6.07, 6.45) is 1.22. The molecule has 0 saturated carbocycles. The molecule has 0 aliphatic carbocycles. The number of ether oxygens (including phenoxy) is 1. The molecule has 1 unspecified atom stereocenters. The minimum absolute atomic E-state index is 0.442. The van der Waals surface area contributed by atoms with E-state index in [1.807, 2.05) is 0 Å². The van der Waals surface area contributed by atoms with Crippen LogP contribution in [0.3, 0.4) is 0 Å². The SMILES string of the molecule is CC1(I)CCOC1. The molecular formula is C5H9IO. The highest BCUT2D eigenvalue weighted by molar-refractivity contribution is 14.1. The Morgan fingerprint density at radius 3 is 2.57 bits per heavy atom. The quantitative estimate of drug-likeness (QED) is 0.437. The zero-order valence-electron chi connectivity index (χ0n) is 4.41. The molecule has 0 aromatic carbocycles. The van der Waals surface area contributed by atoms with Gasteiger partial charge in [-0.2, -0.15) is 0 Å². The fourth-order valence-corrected chi connectivity index (χ4v) is 1.08. The number of rotatable bonds is 0. The summed E-state index contributed by atoms with van der Waals surface area (Å²) < 4.78 is 5.59. The molecule has 1 aliphatic heterocycles. The van der Waals surface area contributed by atoms with Crippen LogP contribution in [0.1, 0.15) is 13.3 Å². The van der Waals surface area contributed by atoms with Crippen molar-refractivity contribution < 1.29 is 4.74 Å². The lowest BCUT2D eigenvalue weighted by molar-refractivity contribution is 0.193. The molecule has 2 heteroatoms. The average Bonchev–Trinajstić information content (AvgIpc) is 1.84. The maximum absolute atomic E-state index is 5.15. The maximum Gasteiger partial charge on any atom is 0.0610 e. The van der Waals surface area contributed by atoms with E-state index in [1.54, 1.807) is 0 Å². The average molecular weight is 212 g/mol. The minimum Gasteiger partial charge on any atom is -0.380 e. The molecule has 0 aromatic rings. The molecule has 1 atom stereocenters. The van der Waals surface area contributed by atoms with E-state index < -0.39 is 0 Å². The summed E-state index contributed by atoms with van der Waals surface area (Å²) in [5.74, 6) is 0. The smallest absolute Gasteiger partial charge is 0.0610 e. The molecule has 0 spiro atoms. The van der Waals surface area contributed by atoms with Crippen molar-refractivity contribution in [2.24, 2.45) is 0 Å². The number of alkyl halides is 1. The Hall–Kier alpha value is 0.690. The summed E-state index contributed by atoms with van der Waals surface area (Å²) in [5, 5.41) is 0. The first kappa shape index (κ1) is 5.82. The first-order valence-corrected chi connectivity index (χ1v) is 3.55. The fourth-order valence-electron chi connectivity index (χ4n) is 0.642. The van der Waals surface area contributed by atoms with Crippen LogP contribution < -0.4 is 0 Å². The summed E-state index contributed by atoms with van der Waals surface area (Å²) in [5.41, 5.74) is 0. The Kier molecular flexibility index (Phi) is 1.58. The van der Waals surface area contributed by atoms with Crippen LogP contribution in [-0.4, -0.2) is 16.6 Å². The van der Waals surface area contributed by atoms with Crippen molar-refractivity contribution in [2.45, 2.75) is 16.8 Å². The van der Waals surface area contributed by atoms with Crippen molar-refractivity contribution >= 4 is 22.6 Å². The van der Waals surface area contributed by atoms with Crippen molar-refractivity contribution in [2.75, 3.05) is 13.2 Å². The molecule has 42 valence electrons. The molecule has 0 aromatic heterocycles. The molecule has 1 nitrogen and oxygen atoms in total. The summed E-state index contributed by atoms with van der Waals surface area (Å²) in [7, 11) is 0. The first-order chi connectivity index (χ1) is 3.21. The highest BCUT2D eigenvalue weighted by Gasteiger charge is 2.25. The van der Waals surface area contributed by atoms with Crippen LogP contribution in [0.4, 0.5) is 0 Å². The van der Waals surface area contributed by atoms with E-state index in [0.717, 1.165) is 13.2 Å². The third kappa shape index (κ3) is 1.57. The van der Waals surface area contributed by atoms with E-state index in [2.05, 4.69) is 29.5 Å². The van der Waals surface area contributed by atoms with Crippen LogP contribution in [0, 0.1) is 0 Å². The van der Waals surface area contributed by atoms with Gasteiger partial charge in [0.25, 0.3) is 0 Å². The third-order valence-electron chi connectivity index (χ3n) is 1.17. The Morgan fingerprint density at radius 1 is 1.71 bits per heavy atom. The van der Waals surface area contributed by atoms with Crippen molar-refractivity contribution in [1.82, 2.24) is 0 Å². The van der Waals surface area contributed by atoms with Crippen molar-refractivity contribution in [3.05, 3.63) is 0 Å². The standard InChI is InChI=1S/C5H9IO/c1-5(6)2-3-7-4-5/h2-4H2,1H3. The Labute approximate surface area is 57.6 Å². The van der Waals surface area contributed by atoms with Gasteiger partial charge in [0, 0.05) is 10.0 Å². The zero-order valence-corrected chi connectivity index (χ0v) is 6.57. The van der Waals surface area contributed by atoms with Gasteiger partial charge in [-0.05, 0) is 13.3 Å². The number of hydrogen-bond acceptors (Lipinski definition) is 1. The normalized spacial score (nSPS) is 42.0. The van der Waals surface area contributed by atoms with Gasteiger partial charge < -0.3 is 4.74 Å². The van der Waals surface area contributed by atoms with Crippen molar-refractivity contribution in [3.63, 3.8) is 0 Å². The fraction of sp³-hybridized carbons (Fsp3) is 1.00. The van der Waals surface area contributed by atoms with E-state index in [1.165, 1.54) is 6.42 Å².